The Morgan fingerprint density at radius 3 is 2.39 bits per heavy atom. The van der Waals surface area contributed by atoms with Gasteiger partial charge in [0.15, 0.2) is 6.10 Å². The van der Waals surface area contributed by atoms with E-state index in [1.54, 1.807) is 44.2 Å². The lowest BCUT2D eigenvalue weighted by Crippen LogP contribution is -2.30. The molecule has 5 nitrogen and oxygen atoms in total. The molecule has 5 heteroatoms. The van der Waals surface area contributed by atoms with Gasteiger partial charge in [-0.2, -0.15) is 0 Å². The van der Waals surface area contributed by atoms with Crippen LogP contribution in [0.2, 0.25) is 0 Å². The Bertz CT molecular complexity index is 697. The average Bonchev–Trinajstić information content (AvgIpc) is 2.57. The lowest BCUT2D eigenvalue weighted by atomic mass is 10.1. The summed E-state index contributed by atoms with van der Waals surface area (Å²) in [6, 6.07) is 14.2. The third kappa shape index (κ3) is 4.10. The number of nitrogens with one attached hydrogen (secondary N) is 1. The van der Waals surface area contributed by atoms with Gasteiger partial charge in [0, 0.05) is 5.69 Å². The minimum atomic E-state index is -0.668. The molecule has 120 valence electrons. The number of para-hydroxylation sites is 1. The van der Waals surface area contributed by atoms with Crippen LogP contribution >= 0.6 is 0 Å². The maximum atomic E-state index is 12.3. The van der Waals surface area contributed by atoms with Crippen molar-refractivity contribution in [2.75, 3.05) is 12.4 Å². The zero-order chi connectivity index (χ0) is 16.8. The highest BCUT2D eigenvalue weighted by Crippen LogP contribution is 2.20. The minimum absolute atomic E-state index is 0.293. The molecule has 0 unspecified atom stereocenters. The van der Waals surface area contributed by atoms with Crippen molar-refractivity contribution in [3.05, 3.63) is 59.7 Å². The molecular weight excluding hydrogens is 294 g/mol. The second kappa shape index (κ2) is 7.45. The molecule has 0 fully saturated rings. The molecule has 2 aromatic rings. The van der Waals surface area contributed by atoms with Crippen molar-refractivity contribution in [1.29, 1.82) is 0 Å². The normalized spacial score (nSPS) is 11.4. The van der Waals surface area contributed by atoms with Crippen LogP contribution in [0.3, 0.4) is 0 Å². The van der Waals surface area contributed by atoms with Crippen LogP contribution < -0.4 is 10.1 Å². The highest BCUT2D eigenvalue weighted by molar-refractivity contribution is 5.98. The van der Waals surface area contributed by atoms with Crippen LogP contribution in [0.5, 0.6) is 5.75 Å². The molecule has 1 N–H and O–H groups in total. The van der Waals surface area contributed by atoms with Gasteiger partial charge in [-0.05, 0) is 43.7 Å². The van der Waals surface area contributed by atoms with Crippen LogP contribution in [0.1, 0.15) is 22.8 Å². The van der Waals surface area contributed by atoms with Gasteiger partial charge in [0.05, 0.1) is 12.7 Å². The number of ether oxygens (including phenoxy) is 2. The Labute approximate surface area is 135 Å². The molecule has 0 bridgehead atoms. The molecule has 0 saturated heterocycles. The molecule has 2 rings (SSSR count). The lowest BCUT2D eigenvalue weighted by Gasteiger charge is -2.16. The number of hydrogen-bond acceptors (Lipinski definition) is 4. The highest BCUT2D eigenvalue weighted by atomic mass is 16.5. The van der Waals surface area contributed by atoms with E-state index in [0.29, 0.717) is 22.6 Å². The van der Waals surface area contributed by atoms with Crippen molar-refractivity contribution in [1.82, 2.24) is 0 Å². The Balaban J connectivity index is 2.09. The van der Waals surface area contributed by atoms with Crippen molar-refractivity contribution in [3.63, 3.8) is 0 Å². The van der Waals surface area contributed by atoms with Gasteiger partial charge in [-0.3, -0.25) is 4.79 Å². The summed E-state index contributed by atoms with van der Waals surface area (Å²) >= 11 is 0. The molecule has 0 radical (unpaired) electrons. The first-order valence-electron chi connectivity index (χ1n) is 7.23. The van der Waals surface area contributed by atoms with Crippen molar-refractivity contribution in [2.24, 2.45) is 0 Å². The molecular formula is C18H19NO4. The van der Waals surface area contributed by atoms with Gasteiger partial charge in [0.25, 0.3) is 5.91 Å². The van der Waals surface area contributed by atoms with E-state index in [0.717, 1.165) is 0 Å². The first-order valence-corrected chi connectivity index (χ1v) is 7.23. The van der Waals surface area contributed by atoms with E-state index in [4.69, 9.17) is 9.47 Å². The molecule has 0 aliphatic heterocycles. The van der Waals surface area contributed by atoms with E-state index in [9.17, 15) is 9.59 Å². The minimum Gasteiger partial charge on any atom is -0.481 e. The number of rotatable bonds is 5. The molecule has 1 atom stereocenters. The number of hydrogen-bond donors (Lipinski definition) is 1. The summed E-state index contributed by atoms with van der Waals surface area (Å²) < 4.78 is 10.3. The molecule has 0 saturated carbocycles. The lowest BCUT2D eigenvalue weighted by molar-refractivity contribution is -0.122. The molecule has 0 heterocycles. The predicted molar refractivity (Wildman–Crippen MR) is 87.7 cm³/mol. The summed E-state index contributed by atoms with van der Waals surface area (Å²) in [6.07, 6.45) is -0.668. The van der Waals surface area contributed by atoms with Crippen molar-refractivity contribution in [2.45, 2.75) is 20.0 Å². The van der Waals surface area contributed by atoms with E-state index >= 15 is 0 Å². The number of benzene rings is 2. The average molecular weight is 313 g/mol. The highest BCUT2D eigenvalue weighted by Gasteiger charge is 2.18. The van der Waals surface area contributed by atoms with Gasteiger partial charge < -0.3 is 14.8 Å². The number of methoxy groups -OCH3 is 1. The Morgan fingerprint density at radius 2 is 1.74 bits per heavy atom. The second-order valence-electron chi connectivity index (χ2n) is 5.03. The summed E-state index contributed by atoms with van der Waals surface area (Å²) in [5.41, 5.74) is 1.63. The Hall–Kier alpha value is -2.82. The predicted octanol–water partition coefficient (Wildman–Crippen LogP) is 3.19. The van der Waals surface area contributed by atoms with Gasteiger partial charge >= 0.3 is 5.97 Å². The van der Waals surface area contributed by atoms with E-state index in [1.165, 1.54) is 7.11 Å². The molecule has 2 aromatic carbocycles. The van der Waals surface area contributed by atoms with Crippen LogP contribution in [0.25, 0.3) is 0 Å². The fourth-order valence-corrected chi connectivity index (χ4v) is 2.09. The third-order valence-corrected chi connectivity index (χ3v) is 3.42. The van der Waals surface area contributed by atoms with Crippen LogP contribution in [-0.4, -0.2) is 25.1 Å². The first kappa shape index (κ1) is 16.5. The van der Waals surface area contributed by atoms with Gasteiger partial charge in [0.1, 0.15) is 5.75 Å². The maximum absolute atomic E-state index is 12.3. The van der Waals surface area contributed by atoms with E-state index < -0.39 is 12.1 Å². The summed E-state index contributed by atoms with van der Waals surface area (Å²) in [4.78, 5) is 24.0. The Morgan fingerprint density at radius 1 is 1.04 bits per heavy atom. The zero-order valence-electron chi connectivity index (χ0n) is 13.3. The van der Waals surface area contributed by atoms with Crippen LogP contribution in [0.4, 0.5) is 5.69 Å². The fourth-order valence-electron chi connectivity index (χ4n) is 2.09. The SMILES string of the molecule is COC(=O)c1cccc(NC(=O)[C@@H](C)Oc2ccccc2)c1C. The Kier molecular flexibility index (Phi) is 5.36. The van der Waals surface area contributed by atoms with E-state index in [2.05, 4.69) is 5.32 Å². The number of esters is 1. The molecule has 0 aromatic heterocycles. The quantitative estimate of drug-likeness (QED) is 0.861. The standard InChI is InChI=1S/C18H19NO4/c1-12-15(18(21)22-3)10-7-11-16(12)19-17(20)13(2)23-14-8-5-4-6-9-14/h4-11,13H,1-3H3,(H,19,20)/t13-/m1/s1. The maximum Gasteiger partial charge on any atom is 0.338 e. The number of anilines is 1. The van der Waals surface area contributed by atoms with Crippen LogP contribution in [-0.2, 0) is 9.53 Å². The zero-order valence-corrected chi connectivity index (χ0v) is 13.3. The smallest absolute Gasteiger partial charge is 0.338 e. The largest absolute Gasteiger partial charge is 0.481 e. The summed E-state index contributed by atoms with van der Waals surface area (Å²) in [6.45, 7) is 3.42. The number of carbonyl (C=O) groups excluding carboxylic acids is 2. The van der Waals surface area contributed by atoms with Crippen molar-refractivity contribution >= 4 is 17.6 Å². The summed E-state index contributed by atoms with van der Waals surface area (Å²) in [5, 5.41) is 2.78. The van der Waals surface area contributed by atoms with Gasteiger partial charge in [0.2, 0.25) is 0 Å². The van der Waals surface area contributed by atoms with Crippen LogP contribution in [0, 0.1) is 6.92 Å². The first-order chi connectivity index (χ1) is 11.0. The van der Waals surface area contributed by atoms with Crippen molar-refractivity contribution in [3.8, 4) is 5.75 Å². The number of amides is 1. The molecule has 0 aliphatic rings. The van der Waals surface area contributed by atoms with E-state index in [-0.39, 0.29) is 5.91 Å². The molecule has 1 amide bonds. The summed E-state index contributed by atoms with van der Waals surface area (Å²) in [5.74, 6) is -0.110. The van der Waals surface area contributed by atoms with Gasteiger partial charge in [-0.1, -0.05) is 24.3 Å². The van der Waals surface area contributed by atoms with E-state index in [1.807, 2.05) is 18.2 Å². The van der Waals surface area contributed by atoms with Crippen LogP contribution in [0.15, 0.2) is 48.5 Å². The van der Waals surface area contributed by atoms with Crippen molar-refractivity contribution < 1.29 is 19.1 Å². The third-order valence-electron chi connectivity index (χ3n) is 3.42. The summed E-state index contributed by atoms with van der Waals surface area (Å²) in [7, 11) is 1.32. The topological polar surface area (TPSA) is 64.6 Å². The monoisotopic (exact) mass is 313 g/mol. The molecule has 0 spiro atoms. The molecule has 23 heavy (non-hydrogen) atoms. The van der Waals surface area contributed by atoms with Gasteiger partial charge in [-0.25, -0.2) is 4.79 Å². The fraction of sp³-hybridized carbons (Fsp3) is 0.222. The number of carbonyl (C=O) groups is 2. The molecule has 0 aliphatic carbocycles. The second-order valence-corrected chi connectivity index (χ2v) is 5.03. The van der Waals surface area contributed by atoms with Gasteiger partial charge in [-0.15, -0.1) is 0 Å².